The van der Waals surface area contributed by atoms with Crippen molar-refractivity contribution in [3.8, 4) is 0 Å². The molecule has 1 unspecified atom stereocenters. The van der Waals surface area contributed by atoms with Crippen LogP contribution in [0.1, 0.15) is 52.4 Å². The predicted molar refractivity (Wildman–Crippen MR) is 67.4 cm³/mol. The maximum atomic E-state index is 11.8. The van der Waals surface area contributed by atoms with E-state index in [0.29, 0.717) is 11.9 Å². The van der Waals surface area contributed by atoms with E-state index in [1.807, 2.05) is 0 Å². The topological polar surface area (TPSA) is 32.3 Å². The Hall–Kier alpha value is -0.570. The zero-order chi connectivity index (χ0) is 11.8. The molecule has 0 bridgehead atoms. The zero-order valence-corrected chi connectivity index (χ0v) is 10.8. The first-order valence-electron chi connectivity index (χ1n) is 6.75. The van der Waals surface area contributed by atoms with Gasteiger partial charge in [-0.2, -0.15) is 0 Å². The van der Waals surface area contributed by atoms with Gasteiger partial charge in [0.1, 0.15) is 0 Å². The lowest BCUT2D eigenvalue weighted by molar-refractivity contribution is -0.131. The molecule has 1 aliphatic rings. The van der Waals surface area contributed by atoms with Gasteiger partial charge in [-0.3, -0.25) is 4.79 Å². The summed E-state index contributed by atoms with van der Waals surface area (Å²) in [6.07, 6.45) is 6.61. The largest absolute Gasteiger partial charge is 0.343 e. The van der Waals surface area contributed by atoms with Gasteiger partial charge in [0, 0.05) is 25.6 Å². The van der Waals surface area contributed by atoms with Gasteiger partial charge < -0.3 is 10.2 Å². The van der Waals surface area contributed by atoms with E-state index in [4.69, 9.17) is 0 Å². The van der Waals surface area contributed by atoms with Crippen LogP contribution in [0.3, 0.4) is 0 Å². The molecule has 1 aliphatic heterocycles. The van der Waals surface area contributed by atoms with Crippen molar-refractivity contribution in [1.29, 1.82) is 0 Å². The summed E-state index contributed by atoms with van der Waals surface area (Å²) >= 11 is 0. The van der Waals surface area contributed by atoms with Gasteiger partial charge >= 0.3 is 0 Å². The van der Waals surface area contributed by atoms with E-state index in [2.05, 4.69) is 24.1 Å². The van der Waals surface area contributed by atoms with Crippen molar-refractivity contribution in [2.45, 2.75) is 58.4 Å². The molecule has 0 aliphatic carbocycles. The summed E-state index contributed by atoms with van der Waals surface area (Å²) in [5.74, 6) is 0.364. The van der Waals surface area contributed by atoms with Gasteiger partial charge in [0.15, 0.2) is 0 Å². The number of carbonyl (C=O) groups excluding carboxylic acids is 1. The Morgan fingerprint density at radius 3 is 2.81 bits per heavy atom. The van der Waals surface area contributed by atoms with Gasteiger partial charge in [-0.05, 0) is 32.7 Å². The number of nitrogens with zero attached hydrogens (tertiary/aromatic N) is 1. The fourth-order valence-electron chi connectivity index (χ4n) is 2.25. The molecule has 0 aromatic rings. The second-order valence-corrected chi connectivity index (χ2v) is 4.79. The van der Waals surface area contributed by atoms with Gasteiger partial charge in [-0.25, -0.2) is 0 Å². The molecule has 1 fully saturated rings. The molecular weight excluding hydrogens is 200 g/mol. The third kappa shape index (κ3) is 4.97. The highest BCUT2D eigenvalue weighted by molar-refractivity contribution is 5.76. The van der Waals surface area contributed by atoms with Gasteiger partial charge in [0.25, 0.3) is 0 Å². The van der Waals surface area contributed by atoms with Crippen LogP contribution in [0, 0.1) is 0 Å². The van der Waals surface area contributed by atoms with Crippen molar-refractivity contribution < 1.29 is 4.79 Å². The maximum Gasteiger partial charge on any atom is 0.222 e. The van der Waals surface area contributed by atoms with Crippen molar-refractivity contribution in [3.63, 3.8) is 0 Å². The number of rotatable bonds is 5. The maximum absolute atomic E-state index is 11.8. The van der Waals surface area contributed by atoms with E-state index >= 15 is 0 Å². The van der Waals surface area contributed by atoms with E-state index in [1.54, 1.807) is 0 Å². The van der Waals surface area contributed by atoms with Crippen LogP contribution in [0.15, 0.2) is 0 Å². The van der Waals surface area contributed by atoms with E-state index in [9.17, 15) is 4.79 Å². The standard InChI is InChI=1S/C13H26N2O/c1-3-14-12(2)9-11-15-10-7-5-4-6-8-13(15)16/h12,14H,3-11H2,1-2H3. The molecule has 16 heavy (non-hydrogen) atoms. The first kappa shape index (κ1) is 13.5. The van der Waals surface area contributed by atoms with Crippen molar-refractivity contribution in [1.82, 2.24) is 10.2 Å². The average Bonchev–Trinajstić information content (AvgIpc) is 2.23. The van der Waals surface area contributed by atoms with Crippen molar-refractivity contribution in [2.75, 3.05) is 19.6 Å². The molecular formula is C13H26N2O. The van der Waals surface area contributed by atoms with E-state index in [-0.39, 0.29) is 0 Å². The first-order chi connectivity index (χ1) is 7.74. The minimum Gasteiger partial charge on any atom is -0.343 e. The van der Waals surface area contributed by atoms with Gasteiger partial charge in [0.2, 0.25) is 5.91 Å². The summed E-state index contributed by atoms with van der Waals surface area (Å²) in [6, 6.07) is 0.517. The fourth-order valence-corrected chi connectivity index (χ4v) is 2.25. The number of carbonyl (C=O) groups is 1. The van der Waals surface area contributed by atoms with Crippen molar-refractivity contribution in [3.05, 3.63) is 0 Å². The predicted octanol–water partition coefficient (Wildman–Crippen LogP) is 2.17. The summed E-state index contributed by atoms with van der Waals surface area (Å²) in [5, 5.41) is 3.39. The van der Waals surface area contributed by atoms with E-state index < -0.39 is 0 Å². The first-order valence-corrected chi connectivity index (χ1v) is 6.75. The Morgan fingerprint density at radius 2 is 2.06 bits per heavy atom. The van der Waals surface area contributed by atoms with Crippen LogP contribution >= 0.6 is 0 Å². The molecule has 94 valence electrons. The number of amides is 1. The summed E-state index contributed by atoms with van der Waals surface area (Å²) < 4.78 is 0. The minimum absolute atomic E-state index is 0.364. The molecule has 1 amide bonds. The normalized spacial score (nSPS) is 20.4. The van der Waals surface area contributed by atoms with Gasteiger partial charge in [-0.15, -0.1) is 0 Å². The molecule has 0 aromatic heterocycles. The number of hydrogen-bond acceptors (Lipinski definition) is 2. The molecule has 1 atom stereocenters. The van der Waals surface area contributed by atoms with Crippen LogP contribution in [0.25, 0.3) is 0 Å². The van der Waals surface area contributed by atoms with Crippen molar-refractivity contribution >= 4 is 5.91 Å². The summed E-state index contributed by atoms with van der Waals surface area (Å²) in [5.41, 5.74) is 0. The Kier molecular flexibility index (Phi) is 6.46. The van der Waals surface area contributed by atoms with Crippen molar-refractivity contribution in [2.24, 2.45) is 0 Å². The second kappa shape index (κ2) is 7.66. The minimum atomic E-state index is 0.364. The monoisotopic (exact) mass is 226 g/mol. The highest BCUT2D eigenvalue weighted by Crippen LogP contribution is 2.12. The molecule has 3 heteroatoms. The number of likely N-dealkylation sites (tertiary alicyclic amines) is 1. The van der Waals surface area contributed by atoms with Gasteiger partial charge in [0.05, 0.1) is 0 Å². The van der Waals surface area contributed by atoms with E-state index in [0.717, 1.165) is 38.9 Å². The second-order valence-electron chi connectivity index (χ2n) is 4.79. The summed E-state index contributed by atoms with van der Waals surface area (Å²) in [4.78, 5) is 13.9. The van der Waals surface area contributed by atoms with Crippen LogP contribution in [-0.2, 0) is 4.79 Å². The molecule has 0 saturated carbocycles. The molecule has 1 N–H and O–H groups in total. The summed E-state index contributed by atoms with van der Waals surface area (Å²) in [6.45, 7) is 7.22. The molecule has 1 rings (SSSR count). The lowest BCUT2D eigenvalue weighted by Crippen LogP contribution is -2.37. The Balaban J connectivity index is 2.28. The number of nitrogens with one attached hydrogen (secondary N) is 1. The Bertz CT molecular complexity index is 206. The van der Waals surface area contributed by atoms with Crippen LogP contribution in [0.5, 0.6) is 0 Å². The Morgan fingerprint density at radius 1 is 1.31 bits per heavy atom. The van der Waals surface area contributed by atoms with E-state index in [1.165, 1.54) is 19.3 Å². The third-order valence-corrected chi connectivity index (χ3v) is 3.31. The highest BCUT2D eigenvalue weighted by Gasteiger charge is 2.15. The van der Waals surface area contributed by atoms with Crippen LogP contribution in [0.4, 0.5) is 0 Å². The fraction of sp³-hybridized carbons (Fsp3) is 0.923. The summed E-state index contributed by atoms with van der Waals surface area (Å²) in [7, 11) is 0. The molecule has 0 spiro atoms. The molecule has 1 heterocycles. The average molecular weight is 226 g/mol. The van der Waals surface area contributed by atoms with Crippen LogP contribution < -0.4 is 5.32 Å². The SMILES string of the molecule is CCNC(C)CCN1CCCCCCC1=O. The smallest absolute Gasteiger partial charge is 0.222 e. The molecule has 1 saturated heterocycles. The quantitative estimate of drug-likeness (QED) is 0.779. The highest BCUT2D eigenvalue weighted by atomic mass is 16.2. The lowest BCUT2D eigenvalue weighted by Gasteiger charge is -2.26. The molecule has 0 radical (unpaired) electrons. The third-order valence-electron chi connectivity index (χ3n) is 3.31. The van der Waals surface area contributed by atoms with Crippen LogP contribution in [0.2, 0.25) is 0 Å². The lowest BCUT2D eigenvalue weighted by atomic mass is 10.1. The number of hydrogen-bond donors (Lipinski definition) is 1. The molecule has 0 aromatic carbocycles. The zero-order valence-electron chi connectivity index (χ0n) is 10.8. The van der Waals surface area contributed by atoms with Crippen LogP contribution in [-0.4, -0.2) is 36.5 Å². The Labute approximate surface area is 99.6 Å². The van der Waals surface area contributed by atoms with Gasteiger partial charge in [-0.1, -0.05) is 19.8 Å². The molecule has 3 nitrogen and oxygen atoms in total.